The molecule has 0 aromatic heterocycles. The monoisotopic (exact) mass is 363 g/mol. The fraction of sp³-hybridized carbons (Fsp3) is 0.158. The van der Waals surface area contributed by atoms with Crippen molar-refractivity contribution in [3.8, 4) is 0 Å². The van der Waals surface area contributed by atoms with Gasteiger partial charge >= 0.3 is 12.1 Å². The van der Waals surface area contributed by atoms with E-state index in [9.17, 15) is 22.8 Å². The lowest BCUT2D eigenvalue weighted by Crippen LogP contribution is -2.20. The van der Waals surface area contributed by atoms with Gasteiger partial charge in [0.15, 0.2) is 6.61 Å². The van der Waals surface area contributed by atoms with E-state index in [0.29, 0.717) is 0 Å². The Morgan fingerprint density at radius 3 is 2.46 bits per heavy atom. The van der Waals surface area contributed by atoms with Gasteiger partial charge in [-0.1, -0.05) is 35.9 Å². The molecule has 4 nitrogen and oxygen atoms in total. The molecule has 0 heterocycles. The first-order chi connectivity index (χ1) is 12.2. The maximum absolute atomic E-state index is 12.6. The van der Waals surface area contributed by atoms with Gasteiger partial charge in [-0.2, -0.15) is 13.2 Å². The van der Waals surface area contributed by atoms with E-state index in [1.807, 2.05) is 31.2 Å². The highest BCUT2D eigenvalue weighted by Crippen LogP contribution is 2.30. The lowest BCUT2D eigenvalue weighted by molar-refractivity contribution is -0.142. The fourth-order valence-corrected chi connectivity index (χ4v) is 2.00. The van der Waals surface area contributed by atoms with Crippen LogP contribution in [0.1, 0.15) is 16.7 Å². The lowest BCUT2D eigenvalue weighted by atomic mass is 10.1. The molecule has 0 spiro atoms. The van der Waals surface area contributed by atoms with Gasteiger partial charge < -0.3 is 10.1 Å². The SMILES string of the molecule is Cc1ccc(/C=C/C(=O)OCC(=O)Nc2cccc(C(F)(F)F)c2)cc1. The standard InChI is InChI=1S/C19H16F3NO3/c1-13-5-7-14(8-6-13)9-10-18(25)26-12-17(24)23-16-4-2-3-15(11-16)19(20,21)22/h2-11H,12H2,1H3,(H,23,24)/b10-9+. The molecule has 0 fully saturated rings. The molecule has 0 atom stereocenters. The second-order valence-electron chi connectivity index (χ2n) is 5.48. The predicted octanol–water partition coefficient (Wildman–Crippen LogP) is 4.21. The number of amides is 1. The molecule has 1 amide bonds. The van der Waals surface area contributed by atoms with Crippen molar-refractivity contribution in [3.63, 3.8) is 0 Å². The number of nitrogens with one attached hydrogen (secondary N) is 1. The Morgan fingerprint density at radius 2 is 1.81 bits per heavy atom. The Labute approximate surface area is 148 Å². The van der Waals surface area contributed by atoms with E-state index in [4.69, 9.17) is 4.74 Å². The smallest absolute Gasteiger partial charge is 0.416 e. The van der Waals surface area contributed by atoms with Gasteiger partial charge in [-0.25, -0.2) is 4.79 Å². The second kappa shape index (κ2) is 8.33. The first-order valence-electron chi connectivity index (χ1n) is 7.62. The number of hydrogen-bond donors (Lipinski definition) is 1. The van der Waals surface area contributed by atoms with Crippen LogP contribution in [-0.4, -0.2) is 18.5 Å². The van der Waals surface area contributed by atoms with Crippen molar-refractivity contribution >= 4 is 23.6 Å². The minimum Gasteiger partial charge on any atom is -0.452 e. The van der Waals surface area contributed by atoms with Crippen molar-refractivity contribution in [3.05, 3.63) is 71.3 Å². The third-order valence-electron chi connectivity index (χ3n) is 3.31. The first-order valence-corrected chi connectivity index (χ1v) is 7.62. The summed E-state index contributed by atoms with van der Waals surface area (Å²) >= 11 is 0. The molecular weight excluding hydrogens is 347 g/mol. The second-order valence-corrected chi connectivity index (χ2v) is 5.48. The van der Waals surface area contributed by atoms with E-state index in [1.165, 1.54) is 24.3 Å². The van der Waals surface area contributed by atoms with E-state index in [1.54, 1.807) is 0 Å². The summed E-state index contributed by atoms with van der Waals surface area (Å²) in [6, 6.07) is 11.6. The highest BCUT2D eigenvalue weighted by atomic mass is 19.4. The van der Waals surface area contributed by atoms with Crippen molar-refractivity contribution in [2.45, 2.75) is 13.1 Å². The minimum absolute atomic E-state index is 0.0314. The molecule has 0 bridgehead atoms. The zero-order valence-corrected chi connectivity index (χ0v) is 13.8. The van der Waals surface area contributed by atoms with Gasteiger partial charge in [0.1, 0.15) is 0 Å². The van der Waals surface area contributed by atoms with Crippen molar-refractivity contribution in [1.29, 1.82) is 0 Å². The van der Waals surface area contributed by atoms with Gasteiger partial charge in [0.25, 0.3) is 5.91 Å². The molecule has 0 radical (unpaired) electrons. The molecule has 0 aliphatic heterocycles. The summed E-state index contributed by atoms with van der Waals surface area (Å²) < 4.78 is 42.6. The number of alkyl halides is 3. The number of anilines is 1. The third kappa shape index (κ3) is 6.08. The number of carbonyl (C=O) groups is 2. The minimum atomic E-state index is -4.51. The number of hydrogen-bond acceptors (Lipinski definition) is 3. The maximum atomic E-state index is 12.6. The summed E-state index contributed by atoms with van der Waals surface area (Å²) in [5.41, 5.74) is 0.960. The van der Waals surface area contributed by atoms with Crippen LogP contribution in [0.3, 0.4) is 0 Å². The molecule has 0 aliphatic carbocycles. The molecule has 2 aromatic carbocycles. The molecule has 26 heavy (non-hydrogen) atoms. The summed E-state index contributed by atoms with van der Waals surface area (Å²) in [6.45, 7) is 1.33. The first kappa shape index (κ1) is 19.2. The van der Waals surface area contributed by atoms with Crippen molar-refractivity contribution < 1.29 is 27.5 Å². The highest BCUT2D eigenvalue weighted by molar-refractivity contribution is 5.94. The van der Waals surface area contributed by atoms with E-state index >= 15 is 0 Å². The topological polar surface area (TPSA) is 55.4 Å². The molecule has 0 saturated carbocycles. The average Bonchev–Trinajstić information content (AvgIpc) is 2.59. The summed E-state index contributed by atoms with van der Waals surface area (Å²) in [6.07, 6.45) is -1.80. The summed E-state index contributed by atoms with van der Waals surface area (Å²) in [4.78, 5) is 23.3. The zero-order valence-electron chi connectivity index (χ0n) is 13.8. The van der Waals surface area contributed by atoms with Gasteiger partial charge in [-0.15, -0.1) is 0 Å². The van der Waals surface area contributed by atoms with Crippen LogP contribution in [0.5, 0.6) is 0 Å². The van der Waals surface area contributed by atoms with Crippen LogP contribution in [0.4, 0.5) is 18.9 Å². The molecule has 0 saturated heterocycles. The summed E-state index contributed by atoms with van der Waals surface area (Å²) in [5, 5.41) is 2.25. The fourth-order valence-electron chi connectivity index (χ4n) is 2.00. The molecule has 136 valence electrons. The van der Waals surface area contributed by atoms with Gasteiger partial charge in [0.2, 0.25) is 0 Å². The molecular formula is C19H16F3NO3. The van der Waals surface area contributed by atoms with Gasteiger partial charge in [0.05, 0.1) is 5.56 Å². The van der Waals surface area contributed by atoms with E-state index in [-0.39, 0.29) is 5.69 Å². The Balaban J connectivity index is 1.85. The van der Waals surface area contributed by atoms with Gasteiger partial charge in [-0.3, -0.25) is 4.79 Å². The van der Waals surface area contributed by atoms with E-state index in [2.05, 4.69) is 5.32 Å². The van der Waals surface area contributed by atoms with Crippen LogP contribution in [0.25, 0.3) is 6.08 Å². The average molecular weight is 363 g/mol. The Hall–Kier alpha value is -3.09. The number of esters is 1. The van der Waals surface area contributed by atoms with Gasteiger partial charge in [0, 0.05) is 11.8 Å². The van der Waals surface area contributed by atoms with Crippen LogP contribution >= 0.6 is 0 Å². The Kier molecular flexibility index (Phi) is 6.16. The number of halogens is 3. The predicted molar refractivity (Wildman–Crippen MR) is 91.2 cm³/mol. The number of aryl methyl sites for hydroxylation is 1. The van der Waals surface area contributed by atoms with Crippen LogP contribution in [0.15, 0.2) is 54.6 Å². The van der Waals surface area contributed by atoms with Gasteiger partial charge in [-0.05, 0) is 36.8 Å². The number of rotatable bonds is 5. The molecule has 2 aromatic rings. The third-order valence-corrected chi connectivity index (χ3v) is 3.31. The van der Waals surface area contributed by atoms with Crippen LogP contribution < -0.4 is 5.32 Å². The molecule has 7 heteroatoms. The molecule has 0 unspecified atom stereocenters. The quantitative estimate of drug-likeness (QED) is 0.640. The highest BCUT2D eigenvalue weighted by Gasteiger charge is 2.30. The number of carbonyl (C=O) groups excluding carboxylic acids is 2. The normalized spacial score (nSPS) is 11.4. The zero-order chi connectivity index (χ0) is 19.2. The van der Waals surface area contributed by atoms with Crippen LogP contribution in [0, 0.1) is 6.92 Å². The van der Waals surface area contributed by atoms with Crippen molar-refractivity contribution in [1.82, 2.24) is 0 Å². The summed E-state index contributed by atoms with van der Waals surface area (Å²) in [5.74, 6) is -1.47. The molecule has 2 rings (SSSR count). The maximum Gasteiger partial charge on any atom is 0.416 e. The molecule has 1 N–H and O–H groups in total. The molecule has 0 aliphatic rings. The number of ether oxygens (including phenoxy) is 1. The summed E-state index contributed by atoms with van der Waals surface area (Å²) in [7, 11) is 0. The largest absolute Gasteiger partial charge is 0.452 e. The Bertz CT molecular complexity index is 812. The van der Waals surface area contributed by atoms with Crippen molar-refractivity contribution in [2.75, 3.05) is 11.9 Å². The van der Waals surface area contributed by atoms with Crippen molar-refractivity contribution in [2.24, 2.45) is 0 Å². The Morgan fingerprint density at radius 1 is 1.12 bits per heavy atom. The van der Waals surface area contributed by atoms with Crippen LogP contribution in [-0.2, 0) is 20.5 Å². The number of benzene rings is 2. The van der Waals surface area contributed by atoms with E-state index < -0.39 is 30.2 Å². The van der Waals surface area contributed by atoms with Crippen LogP contribution in [0.2, 0.25) is 0 Å². The van der Waals surface area contributed by atoms with E-state index in [0.717, 1.165) is 23.3 Å². The lowest BCUT2D eigenvalue weighted by Gasteiger charge is -2.09.